The summed E-state index contributed by atoms with van der Waals surface area (Å²) in [7, 11) is 1.84. The number of nitrogens with zero attached hydrogens (tertiary/aromatic N) is 4. The van der Waals surface area contributed by atoms with Gasteiger partial charge >= 0.3 is 0 Å². The summed E-state index contributed by atoms with van der Waals surface area (Å²) in [6.45, 7) is 11.5. The van der Waals surface area contributed by atoms with Crippen LogP contribution in [0.4, 0.5) is 0 Å². The summed E-state index contributed by atoms with van der Waals surface area (Å²) in [5.41, 5.74) is 0. The molecule has 27 heavy (non-hydrogen) atoms. The summed E-state index contributed by atoms with van der Waals surface area (Å²) in [4.78, 5) is 11.5. The first kappa shape index (κ1) is 20.1. The van der Waals surface area contributed by atoms with Crippen LogP contribution in [0.2, 0.25) is 0 Å². The molecule has 1 aromatic rings. The first-order valence-electron chi connectivity index (χ1n) is 10.4. The third kappa shape index (κ3) is 6.21. The molecule has 2 saturated heterocycles. The molecule has 1 atom stereocenters. The van der Waals surface area contributed by atoms with E-state index in [2.05, 4.69) is 50.1 Å². The zero-order valence-corrected chi connectivity index (χ0v) is 17.2. The maximum Gasteiger partial charge on any atom is 0.191 e. The van der Waals surface area contributed by atoms with Crippen LogP contribution < -0.4 is 10.6 Å². The number of nitrogens with one attached hydrogen (secondary N) is 2. The van der Waals surface area contributed by atoms with Crippen LogP contribution in [-0.2, 0) is 17.8 Å². The van der Waals surface area contributed by atoms with Crippen molar-refractivity contribution >= 4 is 5.96 Å². The van der Waals surface area contributed by atoms with E-state index in [0.717, 1.165) is 63.4 Å². The van der Waals surface area contributed by atoms with Crippen molar-refractivity contribution < 1.29 is 4.74 Å². The molecule has 0 aliphatic carbocycles. The lowest BCUT2D eigenvalue weighted by Crippen LogP contribution is -2.49. The summed E-state index contributed by atoms with van der Waals surface area (Å²) >= 11 is 0. The number of rotatable bonds is 7. The molecule has 7 heteroatoms. The van der Waals surface area contributed by atoms with Gasteiger partial charge in [-0.1, -0.05) is 13.8 Å². The van der Waals surface area contributed by atoms with Crippen LogP contribution in [0, 0.1) is 11.8 Å². The largest absolute Gasteiger partial charge is 0.381 e. The van der Waals surface area contributed by atoms with Gasteiger partial charge in [-0.3, -0.25) is 4.99 Å². The van der Waals surface area contributed by atoms with E-state index in [1.807, 2.05) is 13.2 Å². The molecule has 0 radical (unpaired) electrons. The van der Waals surface area contributed by atoms with Gasteiger partial charge in [-0.05, 0) is 31.1 Å². The second-order valence-electron chi connectivity index (χ2n) is 8.26. The summed E-state index contributed by atoms with van der Waals surface area (Å²) < 4.78 is 7.72. The molecular formula is C20H36N6O. The third-order valence-electron chi connectivity index (χ3n) is 5.47. The zero-order chi connectivity index (χ0) is 19.1. The predicted octanol–water partition coefficient (Wildman–Crippen LogP) is 1.70. The normalized spacial score (nSPS) is 22.5. The maximum absolute atomic E-state index is 5.50. The minimum Gasteiger partial charge on any atom is -0.381 e. The fourth-order valence-electron chi connectivity index (χ4n) is 3.97. The number of likely N-dealkylation sites (tertiary alicyclic amines) is 1. The lowest BCUT2D eigenvalue weighted by Gasteiger charge is -2.34. The molecule has 2 aliphatic rings. The lowest BCUT2D eigenvalue weighted by molar-refractivity contribution is 0.150. The van der Waals surface area contributed by atoms with Crippen molar-refractivity contribution in [3.8, 4) is 0 Å². The standard InChI is InChI=1S/C20H36N6O/c1-16(2)13-26-10-7-22-19(26)12-23-20(21-3)24-18-4-8-25(9-5-18)14-17-6-11-27-15-17/h7,10,16-18H,4-6,8-9,11-15H2,1-3H3,(H2,21,23,24). The van der Waals surface area contributed by atoms with E-state index >= 15 is 0 Å². The van der Waals surface area contributed by atoms with E-state index in [-0.39, 0.29) is 0 Å². The highest BCUT2D eigenvalue weighted by atomic mass is 16.5. The maximum atomic E-state index is 5.50. The topological polar surface area (TPSA) is 66.7 Å². The molecular weight excluding hydrogens is 340 g/mol. The van der Waals surface area contributed by atoms with Gasteiger partial charge in [-0.15, -0.1) is 0 Å². The second-order valence-corrected chi connectivity index (χ2v) is 8.26. The first-order chi connectivity index (χ1) is 13.1. The van der Waals surface area contributed by atoms with Gasteiger partial charge in [0.25, 0.3) is 0 Å². The molecule has 1 unspecified atom stereocenters. The van der Waals surface area contributed by atoms with Crippen molar-refractivity contribution in [1.29, 1.82) is 0 Å². The summed E-state index contributed by atoms with van der Waals surface area (Å²) in [5.74, 6) is 3.27. The van der Waals surface area contributed by atoms with Gasteiger partial charge in [0.1, 0.15) is 5.82 Å². The molecule has 152 valence electrons. The summed E-state index contributed by atoms with van der Waals surface area (Å²) in [5, 5.41) is 7.02. The Labute approximate surface area is 163 Å². The van der Waals surface area contributed by atoms with Gasteiger partial charge < -0.3 is 24.8 Å². The summed E-state index contributed by atoms with van der Waals surface area (Å²) in [6, 6.07) is 0.489. The van der Waals surface area contributed by atoms with Crippen molar-refractivity contribution in [2.75, 3.05) is 39.9 Å². The number of guanidine groups is 1. The number of hydrogen-bond acceptors (Lipinski definition) is 4. The molecule has 0 spiro atoms. The third-order valence-corrected chi connectivity index (χ3v) is 5.47. The highest BCUT2D eigenvalue weighted by Crippen LogP contribution is 2.17. The van der Waals surface area contributed by atoms with Crippen LogP contribution in [0.15, 0.2) is 17.4 Å². The molecule has 3 rings (SSSR count). The Morgan fingerprint density at radius 3 is 2.81 bits per heavy atom. The number of hydrogen-bond donors (Lipinski definition) is 2. The van der Waals surface area contributed by atoms with E-state index in [1.165, 1.54) is 13.0 Å². The van der Waals surface area contributed by atoms with E-state index in [1.54, 1.807) is 0 Å². The molecule has 7 nitrogen and oxygen atoms in total. The van der Waals surface area contributed by atoms with Crippen molar-refractivity contribution in [1.82, 2.24) is 25.1 Å². The smallest absolute Gasteiger partial charge is 0.191 e. The predicted molar refractivity (Wildman–Crippen MR) is 109 cm³/mol. The molecule has 3 heterocycles. The highest BCUT2D eigenvalue weighted by Gasteiger charge is 2.24. The average molecular weight is 377 g/mol. The van der Waals surface area contributed by atoms with Crippen molar-refractivity contribution in [2.24, 2.45) is 16.8 Å². The first-order valence-corrected chi connectivity index (χ1v) is 10.4. The van der Waals surface area contributed by atoms with Crippen molar-refractivity contribution in [3.05, 3.63) is 18.2 Å². The molecule has 2 aliphatic heterocycles. The number of aliphatic imine (C=N–C) groups is 1. The van der Waals surface area contributed by atoms with E-state index < -0.39 is 0 Å². The van der Waals surface area contributed by atoms with Crippen molar-refractivity contribution in [3.63, 3.8) is 0 Å². The number of piperidine rings is 1. The summed E-state index contributed by atoms with van der Waals surface area (Å²) in [6.07, 6.45) is 7.48. The minimum atomic E-state index is 0.489. The Kier molecular flexibility index (Phi) is 7.52. The van der Waals surface area contributed by atoms with Crippen LogP contribution >= 0.6 is 0 Å². The van der Waals surface area contributed by atoms with E-state index in [9.17, 15) is 0 Å². The fourth-order valence-corrected chi connectivity index (χ4v) is 3.97. The van der Waals surface area contributed by atoms with Gasteiger partial charge in [0, 0.05) is 58.3 Å². The van der Waals surface area contributed by atoms with Crippen molar-refractivity contribution in [2.45, 2.75) is 52.2 Å². The van der Waals surface area contributed by atoms with Crippen LogP contribution in [0.3, 0.4) is 0 Å². The van der Waals surface area contributed by atoms with Gasteiger partial charge in [-0.2, -0.15) is 0 Å². The van der Waals surface area contributed by atoms with Gasteiger partial charge in [0.2, 0.25) is 0 Å². The van der Waals surface area contributed by atoms with E-state index in [0.29, 0.717) is 18.5 Å². The molecule has 0 bridgehead atoms. The lowest BCUT2D eigenvalue weighted by atomic mass is 10.0. The number of ether oxygens (including phenoxy) is 1. The minimum absolute atomic E-state index is 0.489. The quantitative estimate of drug-likeness (QED) is 0.560. The van der Waals surface area contributed by atoms with Crippen LogP contribution in [0.5, 0.6) is 0 Å². The zero-order valence-electron chi connectivity index (χ0n) is 17.2. The molecule has 2 fully saturated rings. The van der Waals surface area contributed by atoms with Gasteiger partial charge in [0.15, 0.2) is 5.96 Å². The fraction of sp³-hybridized carbons (Fsp3) is 0.800. The molecule has 0 saturated carbocycles. The van der Waals surface area contributed by atoms with E-state index in [4.69, 9.17) is 4.74 Å². The van der Waals surface area contributed by atoms with Gasteiger partial charge in [0.05, 0.1) is 13.2 Å². The Hall–Kier alpha value is -1.60. The molecule has 2 N–H and O–H groups in total. The Balaban J connectivity index is 1.40. The highest BCUT2D eigenvalue weighted by molar-refractivity contribution is 5.79. The Morgan fingerprint density at radius 1 is 1.33 bits per heavy atom. The Morgan fingerprint density at radius 2 is 2.15 bits per heavy atom. The van der Waals surface area contributed by atoms with Crippen LogP contribution in [0.25, 0.3) is 0 Å². The SMILES string of the molecule is CN=C(NCc1nccn1CC(C)C)NC1CCN(CC2CCOC2)CC1. The number of imidazole rings is 1. The average Bonchev–Trinajstić information content (AvgIpc) is 3.32. The molecule has 1 aromatic heterocycles. The van der Waals surface area contributed by atoms with Gasteiger partial charge in [-0.25, -0.2) is 4.98 Å². The Bertz CT molecular complexity index is 585. The molecule has 0 aromatic carbocycles. The van der Waals surface area contributed by atoms with Crippen LogP contribution in [0.1, 0.15) is 38.9 Å². The second kappa shape index (κ2) is 10.1. The van der Waals surface area contributed by atoms with Crippen LogP contribution in [-0.4, -0.2) is 66.3 Å². The number of aromatic nitrogens is 2. The molecule has 0 amide bonds. The monoisotopic (exact) mass is 376 g/mol.